The van der Waals surface area contributed by atoms with Crippen LogP contribution in [0.1, 0.15) is 51.8 Å². The summed E-state index contributed by atoms with van der Waals surface area (Å²) in [4.78, 5) is 0. The number of aryl methyl sites for hydroxylation is 2. The van der Waals surface area contributed by atoms with Crippen LogP contribution in [0, 0.1) is 18.8 Å². The highest BCUT2D eigenvalue weighted by Crippen LogP contribution is 2.33. The molecule has 0 aliphatic carbocycles. The van der Waals surface area contributed by atoms with Crippen molar-refractivity contribution in [1.82, 2.24) is 4.57 Å². The number of halogens is 1. The zero-order valence-electron chi connectivity index (χ0n) is 20.6. The van der Waals surface area contributed by atoms with Crippen molar-refractivity contribution >= 4 is 21.8 Å². The van der Waals surface area contributed by atoms with Crippen LogP contribution in [0.5, 0.6) is 5.75 Å². The van der Waals surface area contributed by atoms with E-state index in [0.29, 0.717) is 11.8 Å². The lowest BCUT2D eigenvalue weighted by Gasteiger charge is -2.12. The fourth-order valence-corrected chi connectivity index (χ4v) is 4.40. The van der Waals surface area contributed by atoms with Gasteiger partial charge >= 0.3 is 0 Å². The van der Waals surface area contributed by atoms with Gasteiger partial charge in [0.2, 0.25) is 5.69 Å². The Balaban J connectivity index is 0.00000306. The number of hydrogen-bond acceptors (Lipinski definition) is 1. The molecule has 4 heteroatoms. The summed E-state index contributed by atoms with van der Waals surface area (Å²) in [7, 11) is 0. The Morgan fingerprint density at radius 1 is 0.879 bits per heavy atom. The van der Waals surface area contributed by atoms with Gasteiger partial charge in [0, 0.05) is 41.9 Å². The van der Waals surface area contributed by atoms with Crippen molar-refractivity contribution in [1.29, 1.82) is 0 Å². The Kier molecular flexibility index (Phi) is 8.58. The zero-order valence-corrected chi connectivity index (χ0v) is 22.2. The minimum absolute atomic E-state index is 0. The van der Waals surface area contributed by atoms with E-state index < -0.39 is 0 Å². The fourth-order valence-electron chi connectivity index (χ4n) is 4.40. The monoisotopic (exact) mass is 508 g/mol. The van der Waals surface area contributed by atoms with Crippen molar-refractivity contribution in [2.24, 2.45) is 11.8 Å². The quantitative estimate of drug-likeness (QED) is 0.313. The molecule has 0 aliphatic rings. The van der Waals surface area contributed by atoms with Crippen LogP contribution in [-0.2, 0) is 13.1 Å². The van der Waals surface area contributed by atoms with Gasteiger partial charge in [-0.05, 0) is 36.8 Å². The van der Waals surface area contributed by atoms with Gasteiger partial charge < -0.3 is 26.3 Å². The van der Waals surface area contributed by atoms with E-state index in [-0.39, 0.29) is 17.0 Å². The molecule has 2 aromatic heterocycles. The highest BCUT2D eigenvalue weighted by atomic mass is 79.9. The third-order valence-corrected chi connectivity index (χ3v) is 6.36. The van der Waals surface area contributed by atoms with E-state index in [4.69, 9.17) is 4.74 Å². The third-order valence-electron chi connectivity index (χ3n) is 6.36. The second-order valence-corrected chi connectivity index (χ2v) is 9.82. The van der Waals surface area contributed by atoms with E-state index in [1.807, 2.05) is 0 Å². The van der Waals surface area contributed by atoms with Crippen molar-refractivity contribution in [3.63, 3.8) is 0 Å². The average Bonchev–Trinajstić information content (AvgIpc) is 3.08. The van der Waals surface area contributed by atoms with Gasteiger partial charge in [0.25, 0.3) is 0 Å². The molecule has 0 unspecified atom stereocenters. The Labute approximate surface area is 209 Å². The second-order valence-electron chi connectivity index (χ2n) is 9.82. The van der Waals surface area contributed by atoms with Crippen molar-refractivity contribution in [3.8, 4) is 5.75 Å². The fraction of sp³-hybridized carbons (Fsp3) is 0.414. The van der Waals surface area contributed by atoms with Crippen molar-refractivity contribution < 1.29 is 26.3 Å². The van der Waals surface area contributed by atoms with Crippen LogP contribution in [0.4, 0.5) is 0 Å². The van der Waals surface area contributed by atoms with E-state index in [2.05, 4.69) is 105 Å². The minimum Gasteiger partial charge on any atom is -1.00 e. The van der Waals surface area contributed by atoms with Crippen LogP contribution < -0.4 is 26.3 Å². The Morgan fingerprint density at radius 2 is 1.61 bits per heavy atom. The number of hydrogen-bond donors (Lipinski definition) is 0. The highest BCUT2D eigenvalue weighted by Gasteiger charge is 2.20. The topological polar surface area (TPSA) is 18.0 Å². The van der Waals surface area contributed by atoms with E-state index in [1.54, 1.807) is 0 Å². The maximum Gasteiger partial charge on any atom is 0.203 e. The van der Waals surface area contributed by atoms with E-state index in [1.165, 1.54) is 33.1 Å². The molecule has 0 bridgehead atoms. The summed E-state index contributed by atoms with van der Waals surface area (Å²) in [5.74, 6) is 2.29. The van der Waals surface area contributed by atoms with Gasteiger partial charge in [-0.1, -0.05) is 58.0 Å². The van der Waals surface area contributed by atoms with Crippen LogP contribution >= 0.6 is 0 Å². The van der Waals surface area contributed by atoms with E-state index in [0.717, 1.165) is 38.3 Å². The lowest BCUT2D eigenvalue weighted by atomic mass is 10.1. The van der Waals surface area contributed by atoms with Crippen molar-refractivity contribution in [3.05, 3.63) is 72.1 Å². The summed E-state index contributed by atoms with van der Waals surface area (Å²) in [5, 5.41) is 2.65. The van der Waals surface area contributed by atoms with Crippen molar-refractivity contribution in [2.45, 2.75) is 60.5 Å². The van der Waals surface area contributed by atoms with Crippen LogP contribution in [-0.4, -0.2) is 11.2 Å². The van der Waals surface area contributed by atoms with Gasteiger partial charge in [-0.2, -0.15) is 4.57 Å². The number of nitrogens with zero attached hydrogens (tertiary/aromatic N) is 2. The molecular weight excluding hydrogens is 472 g/mol. The van der Waals surface area contributed by atoms with Gasteiger partial charge in [-0.3, -0.25) is 0 Å². The molecule has 0 radical (unpaired) electrons. The molecule has 2 aromatic carbocycles. The van der Waals surface area contributed by atoms with Gasteiger partial charge in [0.05, 0.1) is 12.1 Å². The predicted molar refractivity (Wildman–Crippen MR) is 134 cm³/mol. The molecule has 0 aliphatic heterocycles. The molecule has 0 atom stereocenters. The zero-order chi connectivity index (χ0) is 22.7. The largest absolute Gasteiger partial charge is 1.00 e. The van der Waals surface area contributed by atoms with Crippen LogP contribution in [0.25, 0.3) is 21.8 Å². The first kappa shape index (κ1) is 25.3. The molecule has 0 spiro atoms. The minimum atomic E-state index is 0. The van der Waals surface area contributed by atoms with E-state index >= 15 is 0 Å². The first-order valence-electron chi connectivity index (χ1n) is 12.1. The molecule has 3 nitrogen and oxygen atoms in total. The van der Waals surface area contributed by atoms with Gasteiger partial charge in [0.1, 0.15) is 11.3 Å². The lowest BCUT2D eigenvalue weighted by molar-refractivity contribution is -0.693. The van der Waals surface area contributed by atoms with Gasteiger partial charge in [0.15, 0.2) is 12.7 Å². The number of rotatable bonds is 9. The molecule has 0 saturated heterocycles. The van der Waals surface area contributed by atoms with Crippen LogP contribution in [0.15, 0.2) is 60.8 Å². The first-order valence-corrected chi connectivity index (χ1v) is 12.1. The molecule has 2 heterocycles. The smallest absolute Gasteiger partial charge is 0.203 e. The SMILES string of the molecule is Cc1c2c(cc[n+]1Cc1ccccc1)c1ccc(OCCC(C)C)cc1n2CCC(C)C.[Br-]. The summed E-state index contributed by atoms with van der Waals surface area (Å²) in [6, 6.07) is 19.6. The summed E-state index contributed by atoms with van der Waals surface area (Å²) >= 11 is 0. The number of pyridine rings is 1. The molecule has 4 aromatic rings. The average molecular weight is 510 g/mol. The molecule has 33 heavy (non-hydrogen) atoms. The lowest BCUT2D eigenvalue weighted by Crippen LogP contribution is -3.00. The molecular formula is C29H37BrN2O. The maximum absolute atomic E-state index is 6.12. The van der Waals surface area contributed by atoms with Crippen LogP contribution in [0.3, 0.4) is 0 Å². The number of aromatic nitrogens is 2. The third kappa shape index (κ3) is 5.78. The normalized spacial score (nSPS) is 11.5. The Hall–Kier alpha value is -2.33. The number of benzene rings is 2. The number of ether oxygens (including phenoxy) is 1. The molecule has 176 valence electrons. The predicted octanol–water partition coefficient (Wildman–Crippen LogP) is 3.91. The van der Waals surface area contributed by atoms with Gasteiger partial charge in [-0.25, -0.2) is 0 Å². The van der Waals surface area contributed by atoms with Crippen LogP contribution in [0.2, 0.25) is 0 Å². The molecule has 0 saturated carbocycles. The molecule has 0 fully saturated rings. The second kappa shape index (κ2) is 11.2. The standard InChI is InChI=1S/C29H37N2O.BrH/c1-21(2)13-17-31-28-19-25(32-18-15-22(3)4)11-12-26(28)27-14-16-30(23(5)29(27)31)20-24-9-7-6-8-10-24;/h6-12,14,16,19,21-22H,13,15,17-18,20H2,1-5H3;1H/q+1;/p-1. The first-order chi connectivity index (χ1) is 15.4. The molecule has 0 N–H and O–H groups in total. The summed E-state index contributed by atoms with van der Waals surface area (Å²) in [5.41, 5.74) is 5.26. The summed E-state index contributed by atoms with van der Waals surface area (Å²) < 4.78 is 11.0. The Bertz CT molecular complexity index is 1190. The summed E-state index contributed by atoms with van der Waals surface area (Å²) in [6.45, 7) is 14.0. The van der Waals surface area contributed by atoms with Crippen molar-refractivity contribution in [2.75, 3.05) is 6.61 Å². The highest BCUT2D eigenvalue weighted by molar-refractivity contribution is 6.08. The number of fused-ring (bicyclic) bond motifs is 3. The summed E-state index contributed by atoms with van der Waals surface area (Å²) in [6.07, 6.45) is 4.47. The molecule has 0 amide bonds. The van der Waals surface area contributed by atoms with E-state index in [9.17, 15) is 0 Å². The van der Waals surface area contributed by atoms with Gasteiger partial charge in [-0.15, -0.1) is 0 Å². The molecule has 4 rings (SSSR count). The Morgan fingerprint density at radius 3 is 2.30 bits per heavy atom. The maximum atomic E-state index is 6.12.